The second kappa shape index (κ2) is 19.0. The lowest BCUT2D eigenvalue weighted by Crippen LogP contribution is -1.86. The van der Waals surface area contributed by atoms with Gasteiger partial charge in [-0.25, -0.2) is 0 Å². The van der Waals surface area contributed by atoms with Crippen molar-refractivity contribution in [2.24, 2.45) is 0 Å². The SMILES string of the molecule is CCCCCCCCCCCCC/C=C/CCCCCCCc1ccc2ccccc2c1. The molecule has 2 aromatic rings. The van der Waals surface area contributed by atoms with Crippen LogP contribution in [-0.4, -0.2) is 0 Å². The summed E-state index contributed by atoms with van der Waals surface area (Å²) in [6, 6.07) is 15.6. The number of fused-ring (bicyclic) bond motifs is 1. The van der Waals surface area contributed by atoms with Gasteiger partial charge in [0.05, 0.1) is 0 Å². The Morgan fingerprint density at radius 1 is 0.500 bits per heavy atom. The fourth-order valence-corrected chi connectivity index (χ4v) is 4.68. The predicted molar refractivity (Wildman–Crippen MR) is 146 cm³/mol. The van der Waals surface area contributed by atoms with Crippen LogP contribution in [0.2, 0.25) is 0 Å². The first-order chi connectivity index (χ1) is 15.9. The van der Waals surface area contributed by atoms with E-state index in [1.165, 1.54) is 138 Å². The van der Waals surface area contributed by atoms with E-state index in [4.69, 9.17) is 0 Å². The molecule has 0 aliphatic carbocycles. The van der Waals surface area contributed by atoms with Gasteiger partial charge >= 0.3 is 0 Å². The molecule has 0 radical (unpaired) electrons. The average Bonchev–Trinajstić information content (AvgIpc) is 2.82. The van der Waals surface area contributed by atoms with Crippen LogP contribution in [0.4, 0.5) is 0 Å². The van der Waals surface area contributed by atoms with Gasteiger partial charge in [-0.05, 0) is 54.9 Å². The molecule has 32 heavy (non-hydrogen) atoms. The molecule has 0 heterocycles. The van der Waals surface area contributed by atoms with Gasteiger partial charge in [-0.2, -0.15) is 0 Å². The summed E-state index contributed by atoms with van der Waals surface area (Å²) in [4.78, 5) is 0. The van der Waals surface area contributed by atoms with Gasteiger partial charge in [0.2, 0.25) is 0 Å². The Labute approximate surface area is 199 Å². The van der Waals surface area contributed by atoms with Crippen LogP contribution < -0.4 is 0 Å². The minimum atomic E-state index is 1.23. The van der Waals surface area contributed by atoms with Crippen LogP contribution in [0.15, 0.2) is 54.6 Å². The molecule has 0 N–H and O–H groups in total. The molecule has 0 saturated heterocycles. The highest BCUT2D eigenvalue weighted by molar-refractivity contribution is 5.82. The first-order valence-corrected chi connectivity index (χ1v) is 14.0. The lowest BCUT2D eigenvalue weighted by Gasteiger charge is -2.04. The van der Waals surface area contributed by atoms with E-state index in [9.17, 15) is 0 Å². The number of hydrogen-bond acceptors (Lipinski definition) is 0. The first-order valence-electron chi connectivity index (χ1n) is 14.0. The molecule has 0 aromatic heterocycles. The molecule has 0 nitrogen and oxygen atoms in total. The summed E-state index contributed by atoms with van der Waals surface area (Å²) in [5.41, 5.74) is 1.49. The third-order valence-electron chi connectivity index (χ3n) is 6.79. The average molecular weight is 435 g/mol. The molecule has 2 rings (SSSR count). The van der Waals surface area contributed by atoms with E-state index in [0.717, 1.165) is 0 Å². The van der Waals surface area contributed by atoms with Gasteiger partial charge in [0, 0.05) is 0 Å². The van der Waals surface area contributed by atoms with Gasteiger partial charge in [0.25, 0.3) is 0 Å². The number of benzene rings is 2. The highest BCUT2D eigenvalue weighted by atomic mass is 14.0. The highest BCUT2D eigenvalue weighted by Gasteiger charge is 1.97. The topological polar surface area (TPSA) is 0 Å². The molecule has 0 fully saturated rings. The molecule has 0 saturated carbocycles. The number of hydrogen-bond donors (Lipinski definition) is 0. The van der Waals surface area contributed by atoms with Gasteiger partial charge in [0.15, 0.2) is 0 Å². The van der Waals surface area contributed by atoms with Crippen LogP contribution >= 0.6 is 0 Å². The smallest absolute Gasteiger partial charge is 0.0181 e. The Balaban J connectivity index is 1.32. The van der Waals surface area contributed by atoms with Gasteiger partial charge < -0.3 is 0 Å². The second-order valence-electron chi connectivity index (χ2n) is 9.78. The standard InChI is InChI=1S/C32H50/c1-2-3-4-5-6-7-8-9-10-11-12-13-14-15-16-17-18-19-20-21-24-30-27-28-31-25-22-23-26-32(31)29-30/h14-15,22-23,25-29H,2-13,16-21,24H2,1H3/b15-14+. The number of aryl methyl sites for hydroxylation is 1. The van der Waals surface area contributed by atoms with Gasteiger partial charge in [-0.1, -0.05) is 145 Å². The Morgan fingerprint density at radius 3 is 1.59 bits per heavy atom. The van der Waals surface area contributed by atoms with Crippen LogP contribution in [0.3, 0.4) is 0 Å². The monoisotopic (exact) mass is 434 g/mol. The van der Waals surface area contributed by atoms with E-state index in [2.05, 4.69) is 61.5 Å². The van der Waals surface area contributed by atoms with Crippen molar-refractivity contribution >= 4 is 10.8 Å². The summed E-state index contributed by atoms with van der Waals surface area (Å²) in [5.74, 6) is 0. The number of rotatable bonds is 20. The van der Waals surface area contributed by atoms with Crippen LogP contribution in [-0.2, 0) is 6.42 Å². The third kappa shape index (κ3) is 13.1. The van der Waals surface area contributed by atoms with Crippen LogP contribution in [0.25, 0.3) is 10.8 Å². The molecular weight excluding hydrogens is 384 g/mol. The maximum Gasteiger partial charge on any atom is -0.0181 e. The Kier molecular flexibility index (Phi) is 15.8. The van der Waals surface area contributed by atoms with Crippen molar-refractivity contribution < 1.29 is 0 Å². The molecule has 0 bridgehead atoms. The van der Waals surface area contributed by atoms with Crippen molar-refractivity contribution in [2.45, 2.75) is 129 Å². The summed E-state index contributed by atoms with van der Waals surface area (Å²) in [7, 11) is 0. The summed E-state index contributed by atoms with van der Waals surface area (Å²) < 4.78 is 0. The first kappa shape index (κ1) is 26.7. The fourth-order valence-electron chi connectivity index (χ4n) is 4.68. The van der Waals surface area contributed by atoms with Gasteiger partial charge in [-0.15, -0.1) is 0 Å². The molecule has 0 spiro atoms. The number of unbranched alkanes of at least 4 members (excludes halogenated alkanes) is 16. The van der Waals surface area contributed by atoms with E-state index >= 15 is 0 Å². The lowest BCUT2D eigenvalue weighted by molar-refractivity contribution is 0.550. The summed E-state index contributed by atoms with van der Waals surface area (Å²) in [6.45, 7) is 2.30. The van der Waals surface area contributed by atoms with E-state index in [1.807, 2.05) is 0 Å². The zero-order chi connectivity index (χ0) is 22.5. The largest absolute Gasteiger partial charge is 0.0885 e. The van der Waals surface area contributed by atoms with E-state index < -0.39 is 0 Å². The Hall–Kier alpha value is -1.56. The molecule has 178 valence electrons. The normalized spacial score (nSPS) is 11.7. The van der Waals surface area contributed by atoms with E-state index in [0.29, 0.717) is 0 Å². The maximum atomic E-state index is 2.44. The zero-order valence-electron chi connectivity index (χ0n) is 21.1. The summed E-state index contributed by atoms with van der Waals surface area (Å²) in [6.07, 6.45) is 31.3. The van der Waals surface area contributed by atoms with Crippen molar-refractivity contribution in [3.05, 3.63) is 60.2 Å². The third-order valence-corrected chi connectivity index (χ3v) is 6.79. The van der Waals surface area contributed by atoms with E-state index in [1.54, 1.807) is 0 Å². The highest BCUT2D eigenvalue weighted by Crippen LogP contribution is 2.18. The second-order valence-corrected chi connectivity index (χ2v) is 9.78. The van der Waals surface area contributed by atoms with Crippen molar-refractivity contribution in [1.82, 2.24) is 0 Å². The minimum Gasteiger partial charge on any atom is -0.0885 e. The molecule has 0 aliphatic rings. The van der Waals surface area contributed by atoms with Crippen molar-refractivity contribution in [3.8, 4) is 0 Å². The van der Waals surface area contributed by atoms with Gasteiger partial charge in [-0.3, -0.25) is 0 Å². The van der Waals surface area contributed by atoms with Crippen LogP contribution in [0.5, 0.6) is 0 Å². The molecule has 0 atom stereocenters. The molecule has 0 unspecified atom stereocenters. The molecule has 2 aromatic carbocycles. The Morgan fingerprint density at radius 2 is 1.00 bits per heavy atom. The van der Waals surface area contributed by atoms with Crippen molar-refractivity contribution in [2.75, 3.05) is 0 Å². The Bertz CT molecular complexity index is 711. The van der Waals surface area contributed by atoms with E-state index in [-0.39, 0.29) is 0 Å². The molecule has 0 amide bonds. The zero-order valence-corrected chi connectivity index (χ0v) is 21.1. The van der Waals surface area contributed by atoms with Crippen LogP contribution in [0.1, 0.15) is 128 Å². The summed E-state index contributed by atoms with van der Waals surface area (Å²) in [5, 5.41) is 2.73. The van der Waals surface area contributed by atoms with Crippen LogP contribution in [0, 0.1) is 0 Å². The fraction of sp³-hybridized carbons (Fsp3) is 0.625. The lowest BCUT2D eigenvalue weighted by atomic mass is 10.0. The minimum absolute atomic E-state index is 1.23. The van der Waals surface area contributed by atoms with Crippen molar-refractivity contribution in [1.29, 1.82) is 0 Å². The molecule has 0 heteroatoms. The summed E-state index contributed by atoms with van der Waals surface area (Å²) >= 11 is 0. The predicted octanol–water partition coefficient (Wildman–Crippen LogP) is 11.0. The molecular formula is C32H50. The maximum absolute atomic E-state index is 2.44. The number of allylic oxidation sites excluding steroid dienone is 2. The molecule has 0 aliphatic heterocycles. The quantitative estimate of drug-likeness (QED) is 0.143. The van der Waals surface area contributed by atoms with Gasteiger partial charge in [0.1, 0.15) is 0 Å². The van der Waals surface area contributed by atoms with Crippen molar-refractivity contribution in [3.63, 3.8) is 0 Å².